The highest BCUT2D eigenvalue weighted by molar-refractivity contribution is 7.46. The lowest BCUT2D eigenvalue weighted by atomic mass is 9.93. The fraction of sp³-hybridized carbons (Fsp3) is 0.214. The minimum Gasteiger partial charge on any atom is -0.505 e. The van der Waals surface area contributed by atoms with Gasteiger partial charge < -0.3 is 44.5 Å². The summed E-state index contributed by atoms with van der Waals surface area (Å²) in [6.45, 7) is -1.59. The number of rotatable bonds is 13. The fourth-order valence-electron chi connectivity index (χ4n) is 4.52. The number of carboxylic acid groups (broad SMARTS) is 2. The number of ether oxygens (including phenoxy) is 1. The molecule has 4 rings (SSSR count). The van der Waals surface area contributed by atoms with Gasteiger partial charge in [0.15, 0.2) is 24.0 Å². The number of phenols is 1. The SMILES string of the molecule is CC(COP(=O)(O)O)NC(=O)COc1cc(-c2c3cc(F)c(=O)cc-3oc3cc(O)c(F)cc23)ccc1N(CC(=O)O)CC(=O)O. The van der Waals surface area contributed by atoms with E-state index in [1.807, 2.05) is 0 Å². The van der Waals surface area contributed by atoms with Crippen LogP contribution in [0, 0.1) is 11.6 Å². The van der Waals surface area contributed by atoms with Crippen LogP contribution in [0.5, 0.6) is 11.5 Å². The molecule has 244 valence electrons. The number of aromatic hydroxyl groups is 1. The number of aliphatic carboxylic acids is 2. The second-order valence-electron chi connectivity index (χ2n) is 9.93. The summed E-state index contributed by atoms with van der Waals surface area (Å²) in [5.41, 5.74) is -1.05. The summed E-state index contributed by atoms with van der Waals surface area (Å²) in [7, 11) is -4.82. The van der Waals surface area contributed by atoms with E-state index in [9.17, 15) is 47.8 Å². The van der Waals surface area contributed by atoms with Crippen molar-refractivity contribution in [3.8, 4) is 33.9 Å². The number of carboxylic acids is 2. The zero-order chi connectivity index (χ0) is 33.9. The summed E-state index contributed by atoms with van der Waals surface area (Å²) in [5, 5.41) is 31.1. The van der Waals surface area contributed by atoms with Gasteiger partial charge in [-0.25, -0.2) is 13.3 Å². The number of phenolic OH excluding ortho intramolecular Hbond substituents is 1. The maximum Gasteiger partial charge on any atom is 0.469 e. The average Bonchev–Trinajstić information content (AvgIpc) is 2.94. The normalized spacial score (nSPS) is 12.2. The molecular formula is C28H25F2N2O13P. The molecule has 2 aromatic carbocycles. The molecule has 1 amide bonds. The van der Waals surface area contributed by atoms with Crippen LogP contribution in [0.3, 0.4) is 0 Å². The Morgan fingerprint density at radius 2 is 1.70 bits per heavy atom. The average molecular weight is 666 g/mol. The van der Waals surface area contributed by atoms with E-state index in [2.05, 4.69) is 9.84 Å². The van der Waals surface area contributed by atoms with Crippen molar-refractivity contribution >= 4 is 42.3 Å². The Kier molecular flexibility index (Phi) is 9.92. The molecule has 0 saturated heterocycles. The number of nitrogens with zero attached hydrogens (tertiary/aromatic N) is 1. The monoisotopic (exact) mass is 666 g/mol. The van der Waals surface area contributed by atoms with Gasteiger partial charge in [-0.15, -0.1) is 0 Å². The first-order chi connectivity index (χ1) is 21.5. The van der Waals surface area contributed by atoms with Gasteiger partial charge in [-0.05, 0) is 36.8 Å². The van der Waals surface area contributed by atoms with Crippen LogP contribution in [0.1, 0.15) is 6.92 Å². The van der Waals surface area contributed by atoms with E-state index in [4.69, 9.17) is 18.9 Å². The van der Waals surface area contributed by atoms with Crippen LogP contribution in [0.25, 0.3) is 33.4 Å². The number of anilines is 1. The predicted octanol–water partition coefficient (Wildman–Crippen LogP) is 2.52. The first-order valence-corrected chi connectivity index (χ1v) is 14.6. The number of hydrogen-bond donors (Lipinski definition) is 6. The third-order valence-corrected chi connectivity index (χ3v) is 6.83. The molecule has 46 heavy (non-hydrogen) atoms. The first kappa shape index (κ1) is 33.8. The molecule has 1 atom stereocenters. The highest BCUT2D eigenvalue weighted by atomic mass is 31.2. The van der Waals surface area contributed by atoms with Gasteiger partial charge in [0.2, 0.25) is 5.43 Å². The van der Waals surface area contributed by atoms with Crippen LogP contribution in [0.15, 0.2) is 51.7 Å². The molecular weight excluding hydrogens is 641 g/mol. The maximum absolute atomic E-state index is 14.6. The summed E-state index contributed by atoms with van der Waals surface area (Å²) in [6.07, 6.45) is 0. The smallest absolute Gasteiger partial charge is 0.469 e. The lowest BCUT2D eigenvalue weighted by Crippen LogP contribution is -2.39. The van der Waals surface area contributed by atoms with E-state index in [1.165, 1.54) is 25.1 Å². The van der Waals surface area contributed by atoms with Crippen molar-refractivity contribution in [2.24, 2.45) is 0 Å². The zero-order valence-electron chi connectivity index (χ0n) is 23.6. The summed E-state index contributed by atoms with van der Waals surface area (Å²) >= 11 is 0. The van der Waals surface area contributed by atoms with Crippen LogP contribution in [-0.2, 0) is 23.5 Å². The fourth-order valence-corrected chi connectivity index (χ4v) is 4.94. The molecule has 0 bridgehead atoms. The van der Waals surface area contributed by atoms with Gasteiger partial charge >= 0.3 is 19.8 Å². The third-order valence-electron chi connectivity index (χ3n) is 6.34. The van der Waals surface area contributed by atoms with Gasteiger partial charge in [-0.1, -0.05) is 6.07 Å². The minimum absolute atomic E-state index is 0.00380. The first-order valence-electron chi connectivity index (χ1n) is 13.1. The van der Waals surface area contributed by atoms with E-state index in [1.54, 1.807) is 0 Å². The standard InChI is InChI=1S/C28H25F2N2O13P/c1-13(11-44-46(40,41)42)31-25(35)12-43-24-4-14(2-3-19(24)32(9-26(36)37)10-27(38)39)28-15-5-17(29)20(33)7-22(15)45-23-8-21(34)18(30)6-16(23)28/h2-8,13,33H,9-12H2,1H3,(H,31,35)(H,36,37)(H,38,39)(H2,40,41,42). The third kappa shape index (κ3) is 8.13. The molecule has 2 aliphatic rings. The number of benzene rings is 3. The highest BCUT2D eigenvalue weighted by Crippen LogP contribution is 2.44. The quantitative estimate of drug-likeness (QED) is 0.0889. The summed E-state index contributed by atoms with van der Waals surface area (Å²) in [4.78, 5) is 66.4. The second-order valence-corrected chi connectivity index (χ2v) is 11.2. The van der Waals surface area contributed by atoms with Crippen molar-refractivity contribution in [2.45, 2.75) is 13.0 Å². The topological polar surface area (TPSA) is 233 Å². The Bertz CT molecular complexity index is 1890. The maximum atomic E-state index is 14.6. The Labute approximate surface area is 256 Å². The summed E-state index contributed by atoms with van der Waals surface area (Å²) < 4.78 is 55.7. The van der Waals surface area contributed by atoms with Crippen molar-refractivity contribution < 1.29 is 66.5 Å². The molecule has 0 saturated carbocycles. The lowest BCUT2D eigenvalue weighted by Gasteiger charge is -2.25. The lowest BCUT2D eigenvalue weighted by molar-refractivity contribution is -0.136. The molecule has 0 fully saturated rings. The molecule has 15 nitrogen and oxygen atoms in total. The number of phosphoric acid groups is 1. The molecule has 1 aliphatic heterocycles. The second kappa shape index (κ2) is 13.5. The Balaban J connectivity index is 1.85. The number of phosphoric ester groups is 1. The summed E-state index contributed by atoms with van der Waals surface area (Å²) in [5.74, 6) is -7.05. The van der Waals surface area contributed by atoms with E-state index in [0.29, 0.717) is 0 Å². The van der Waals surface area contributed by atoms with Crippen molar-refractivity contribution in [1.29, 1.82) is 0 Å². The largest absolute Gasteiger partial charge is 0.505 e. The van der Waals surface area contributed by atoms with E-state index in [0.717, 1.165) is 29.2 Å². The molecule has 1 unspecified atom stereocenters. The van der Waals surface area contributed by atoms with Gasteiger partial charge in [0.05, 0.1) is 18.3 Å². The minimum atomic E-state index is -4.82. The van der Waals surface area contributed by atoms with Gasteiger partial charge in [0.25, 0.3) is 5.91 Å². The number of carbonyl (C=O) groups is 3. The summed E-state index contributed by atoms with van der Waals surface area (Å²) in [6, 6.07) is 6.48. The van der Waals surface area contributed by atoms with Crippen LogP contribution in [-0.4, -0.2) is 75.3 Å². The van der Waals surface area contributed by atoms with Crippen molar-refractivity contribution in [3.63, 3.8) is 0 Å². The van der Waals surface area contributed by atoms with E-state index < -0.39 is 80.8 Å². The van der Waals surface area contributed by atoms with Crippen molar-refractivity contribution in [2.75, 3.05) is 31.2 Å². The number of carbonyl (C=O) groups excluding carboxylic acids is 1. The van der Waals surface area contributed by atoms with E-state index in [-0.39, 0.29) is 44.9 Å². The number of hydrogen-bond acceptors (Lipinski definition) is 10. The van der Waals surface area contributed by atoms with Crippen LogP contribution < -0.4 is 20.4 Å². The molecule has 18 heteroatoms. The molecule has 2 aromatic rings. The molecule has 6 N–H and O–H groups in total. The molecule has 0 spiro atoms. The van der Waals surface area contributed by atoms with Crippen molar-refractivity contribution in [3.05, 3.63) is 64.3 Å². The van der Waals surface area contributed by atoms with Crippen LogP contribution in [0.4, 0.5) is 14.5 Å². The molecule has 0 aromatic heterocycles. The molecule has 1 heterocycles. The number of fused-ring (bicyclic) bond motifs is 2. The Morgan fingerprint density at radius 3 is 2.33 bits per heavy atom. The van der Waals surface area contributed by atoms with Gasteiger partial charge in [0.1, 0.15) is 30.2 Å². The Morgan fingerprint density at radius 1 is 1.02 bits per heavy atom. The predicted molar refractivity (Wildman–Crippen MR) is 155 cm³/mol. The van der Waals surface area contributed by atoms with E-state index >= 15 is 0 Å². The molecule has 1 aliphatic carbocycles. The van der Waals surface area contributed by atoms with Crippen LogP contribution >= 0.6 is 7.82 Å². The number of nitrogens with one attached hydrogen (secondary N) is 1. The zero-order valence-corrected chi connectivity index (χ0v) is 24.5. The molecule has 0 radical (unpaired) electrons. The van der Waals surface area contributed by atoms with Gasteiger partial charge in [0, 0.05) is 28.6 Å². The van der Waals surface area contributed by atoms with Crippen LogP contribution in [0.2, 0.25) is 0 Å². The number of halogens is 2. The van der Waals surface area contributed by atoms with Crippen molar-refractivity contribution in [1.82, 2.24) is 5.32 Å². The van der Waals surface area contributed by atoms with Gasteiger partial charge in [-0.3, -0.25) is 23.7 Å². The highest BCUT2D eigenvalue weighted by Gasteiger charge is 2.25. The van der Waals surface area contributed by atoms with Gasteiger partial charge in [-0.2, -0.15) is 0 Å². The Hall–Kier alpha value is -5.09. The number of amides is 1.